The molecule has 3 aliphatic rings. The van der Waals surface area contributed by atoms with Gasteiger partial charge in [0.05, 0.1) is 11.7 Å². The first-order valence-corrected chi connectivity index (χ1v) is 10.3. The highest BCUT2D eigenvalue weighted by atomic mass is 32.2. The van der Waals surface area contributed by atoms with Crippen molar-refractivity contribution in [1.29, 1.82) is 0 Å². The van der Waals surface area contributed by atoms with Crippen LogP contribution < -0.4 is 0 Å². The van der Waals surface area contributed by atoms with Crippen LogP contribution in [0.1, 0.15) is 62.1 Å². The molecule has 4 nitrogen and oxygen atoms in total. The molecule has 0 radical (unpaired) electrons. The lowest BCUT2D eigenvalue weighted by atomic mass is 10.0. The van der Waals surface area contributed by atoms with Gasteiger partial charge in [-0.1, -0.05) is 37.6 Å². The number of hydrogen-bond acceptors (Lipinski definition) is 4. The molecule has 1 saturated heterocycles. The van der Waals surface area contributed by atoms with Crippen LogP contribution in [0, 0.1) is 0 Å². The summed E-state index contributed by atoms with van der Waals surface area (Å²) in [5.41, 5.74) is 2.50. The van der Waals surface area contributed by atoms with Crippen molar-refractivity contribution in [3.05, 3.63) is 54.1 Å². The molecule has 0 bridgehead atoms. The van der Waals surface area contributed by atoms with E-state index in [1.807, 2.05) is 24.0 Å². The number of nitrogens with zero attached hydrogens (tertiary/aromatic N) is 4. The number of aliphatic imine (C=N–C) groups is 1. The van der Waals surface area contributed by atoms with Gasteiger partial charge in [0.15, 0.2) is 5.17 Å². The van der Waals surface area contributed by atoms with Crippen molar-refractivity contribution in [3.8, 4) is 0 Å². The van der Waals surface area contributed by atoms with E-state index in [1.165, 1.54) is 36.5 Å². The Hall–Kier alpha value is -1.75. The lowest BCUT2D eigenvalue weighted by Crippen LogP contribution is -2.30. The largest absolute Gasteiger partial charge is 0.346 e. The van der Waals surface area contributed by atoms with E-state index in [0.717, 1.165) is 12.2 Å². The fourth-order valence-corrected chi connectivity index (χ4v) is 5.70. The summed E-state index contributed by atoms with van der Waals surface area (Å²) >= 11 is 1.91. The van der Waals surface area contributed by atoms with Crippen LogP contribution in [0.4, 0.5) is 0 Å². The SMILES string of the molecule is C[C@@H]1CN2C(=N[C@@H](c3ccccn3)[C@@H]2c2cccn2C2CCCC2)S1. The lowest BCUT2D eigenvalue weighted by molar-refractivity contribution is 0.299. The fourth-order valence-electron chi connectivity index (χ4n) is 4.61. The summed E-state index contributed by atoms with van der Waals surface area (Å²) in [6, 6.07) is 11.8. The highest BCUT2D eigenvalue weighted by molar-refractivity contribution is 8.14. The lowest BCUT2D eigenvalue weighted by Gasteiger charge is -2.30. The van der Waals surface area contributed by atoms with E-state index in [-0.39, 0.29) is 12.1 Å². The topological polar surface area (TPSA) is 33.4 Å². The van der Waals surface area contributed by atoms with E-state index >= 15 is 0 Å². The smallest absolute Gasteiger partial charge is 0.160 e. The third kappa shape index (κ3) is 2.60. The maximum atomic E-state index is 5.11. The summed E-state index contributed by atoms with van der Waals surface area (Å²) in [4.78, 5) is 12.3. The molecule has 3 atom stereocenters. The third-order valence-corrected chi connectivity index (χ3v) is 6.82. The van der Waals surface area contributed by atoms with Crippen LogP contribution in [0.5, 0.6) is 0 Å². The molecule has 0 spiro atoms. The predicted octanol–water partition coefficient (Wildman–Crippen LogP) is 4.59. The third-order valence-electron chi connectivity index (χ3n) is 5.71. The summed E-state index contributed by atoms with van der Waals surface area (Å²) in [5, 5.41) is 1.81. The van der Waals surface area contributed by atoms with Crippen LogP contribution in [0.3, 0.4) is 0 Å². The van der Waals surface area contributed by atoms with Crippen molar-refractivity contribution in [2.75, 3.05) is 6.54 Å². The number of fused-ring (bicyclic) bond motifs is 1. The van der Waals surface area contributed by atoms with Crippen LogP contribution in [0.15, 0.2) is 47.7 Å². The Balaban J connectivity index is 1.57. The van der Waals surface area contributed by atoms with Crippen LogP contribution in [-0.2, 0) is 0 Å². The van der Waals surface area contributed by atoms with Gasteiger partial charge < -0.3 is 9.47 Å². The average Bonchev–Trinajstić information content (AvgIpc) is 3.38. The van der Waals surface area contributed by atoms with Crippen LogP contribution in [0.25, 0.3) is 0 Å². The van der Waals surface area contributed by atoms with Crippen LogP contribution in [0.2, 0.25) is 0 Å². The summed E-state index contributed by atoms with van der Waals surface area (Å²) in [7, 11) is 0. The van der Waals surface area contributed by atoms with Gasteiger partial charge in [-0.05, 0) is 37.1 Å². The molecule has 130 valence electrons. The van der Waals surface area contributed by atoms with Gasteiger partial charge in [-0.3, -0.25) is 9.98 Å². The standard InChI is InChI=1S/C20H24N4S/c1-14-13-24-19(17-10-6-12-23(17)15-7-2-3-8-15)18(22-20(24)25-14)16-9-4-5-11-21-16/h4-6,9-12,14-15,18-19H,2-3,7-8,13H2,1H3/t14-,18+,19+/m1/s1. The second-order valence-electron chi connectivity index (χ2n) is 7.42. The summed E-state index contributed by atoms with van der Waals surface area (Å²) in [6.45, 7) is 3.38. The molecule has 0 aromatic carbocycles. The Kier molecular flexibility index (Phi) is 3.85. The first kappa shape index (κ1) is 15.5. The number of amidine groups is 1. The van der Waals surface area contributed by atoms with Gasteiger partial charge in [0.2, 0.25) is 0 Å². The average molecular weight is 353 g/mol. The maximum absolute atomic E-state index is 5.11. The molecular formula is C20H24N4S. The minimum Gasteiger partial charge on any atom is -0.346 e. The first-order valence-electron chi connectivity index (χ1n) is 9.40. The van der Waals surface area contributed by atoms with Gasteiger partial charge in [-0.2, -0.15) is 0 Å². The second-order valence-corrected chi connectivity index (χ2v) is 8.82. The van der Waals surface area contributed by atoms with Crippen molar-refractivity contribution < 1.29 is 0 Å². The fraction of sp³-hybridized carbons (Fsp3) is 0.500. The quantitative estimate of drug-likeness (QED) is 0.810. The van der Waals surface area contributed by atoms with Crippen molar-refractivity contribution in [2.24, 2.45) is 4.99 Å². The summed E-state index contributed by atoms with van der Waals surface area (Å²) in [5.74, 6) is 0. The van der Waals surface area contributed by atoms with Crippen molar-refractivity contribution in [2.45, 2.75) is 56.0 Å². The molecule has 5 rings (SSSR count). The van der Waals surface area contributed by atoms with E-state index in [1.54, 1.807) is 0 Å². The van der Waals surface area contributed by atoms with Crippen molar-refractivity contribution in [1.82, 2.24) is 14.5 Å². The van der Waals surface area contributed by atoms with Crippen LogP contribution in [-0.4, -0.2) is 31.4 Å². The number of hydrogen-bond donors (Lipinski definition) is 0. The minimum atomic E-state index is 0.103. The highest BCUT2D eigenvalue weighted by Gasteiger charge is 2.44. The number of rotatable bonds is 3. The zero-order valence-corrected chi connectivity index (χ0v) is 15.4. The van der Waals surface area contributed by atoms with Gasteiger partial charge in [-0.15, -0.1) is 0 Å². The molecule has 0 unspecified atom stereocenters. The predicted molar refractivity (Wildman–Crippen MR) is 103 cm³/mol. The molecule has 2 aromatic heterocycles. The molecule has 25 heavy (non-hydrogen) atoms. The molecule has 2 aromatic rings. The Morgan fingerprint density at radius 1 is 1.12 bits per heavy atom. The maximum Gasteiger partial charge on any atom is 0.160 e. The first-order chi connectivity index (χ1) is 12.3. The summed E-state index contributed by atoms with van der Waals surface area (Å²) in [6.07, 6.45) is 9.50. The van der Waals surface area contributed by atoms with Gasteiger partial charge in [0.25, 0.3) is 0 Å². The Morgan fingerprint density at radius 2 is 2.00 bits per heavy atom. The van der Waals surface area contributed by atoms with Crippen molar-refractivity contribution in [3.63, 3.8) is 0 Å². The Morgan fingerprint density at radius 3 is 2.80 bits per heavy atom. The molecule has 1 aliphatic carbocycles. The molecule has 1 saturated carbocycles. The monoisotopic (exact) mass is 352 g/mol. The van der Waals surface area contributed by atoms with E-state index in [9.17, 15) is 0 Å². The second kappa shape index (κ2) is 6.20. The van der Waals surface area contributed by atoms with Gasteiger partial charge in [-0.25, -0.2) is 0 Å². The number of pyridine rings is 1. The van der Waals surface area contributed by atoms with Crippen LogP contribution >= 0.6 is 11.8 Å². The van der Waals surface area contributed by atoms with E-state index in [4.69, 9.17) is 4.99 Å². The molecule has 4 heterocycles. The molecule has 2 aliphatic heterocycles. The minimum absolute atomic E-state index is 0.103. The number of thioether (sulfide) groups is 1. The van der Waals surface area contributed by atoms with E-state index in [0.29, 0.717) is 11.3 Å². The Bertz CT molecular complexity index is 778. The molecule has 2 fully saturated rings. The van der Waals surface area contributed by atoms with Gasteiger partial charge >= 0.3 is 0 Å². The van der Waals surface area contributed by atoms with E-state index in [2.05, 4.69) is 51.8 Å². The molecule has 0 amide bonds. The zero-order valence-electron chi connectivity index (χ0n) is 14.6. The zero-order chi connectivity index (χ0) is 16.8. The Labute approximate surface area is 153 Å². The van der Waals surface area contributed by atoms with Gasteiger partial charge in [0.1, 0.15) is 6.04 Å². The molecule has 0 N–H and O–H groups in total. The normalized spacial score (nSPS) is 29.2. The van der Waals surface area contributed by atoms with Gasteiger partial charge in [0, 0.05) is 35.9 Å². The highest BCUT2D eigenvalue weighted by Crippen LogP contribution is 2.48. The molecule has 5 heteroatoms. The summed E-state index contributed by atoms with van der Waals surface area (Å²) < 4.78 is 2.54. The van der Waals surface area contributed by atoms with E-state index < -0.39 is 0 Å². The number of aromatic nitrogens is 2. The van der Waals surface area contributed by atoms with Crippen molar-refractivity contribution >= 4 is 16.9 Å². The molecular weight excluding hydrogens is 328 g/mol.